The molecule has 0 spiro atoms. The number of benzene rings is 2. The lowest BCUT2D eigenvalue weighted by atomic mass is 9.89. The van der Waals surface area contributed by atoms with Crippen LogP contribution in [0.1, 0.15) is 60.0 Å². The Bertz CT molecular complexity index is 1180. The highest BCUT2D eigenvalue weighted by atomic mass is 16.5. The van der Waals surface area contributed by atoms with E-state index in [0.29, 0.717) is 31.2 Å². The molecule has 8 nitrogen and oxygen atoms in total. The second kappa shape index (κ2) is 10.3. The van der Waals surface area contributed by atoms with Gasteiger partial charge in [-0.2, -0.15) is 0 Å². The van der Waals surface area contributed by atoms with E-state index >= 15 is 0 Å². The summed E-state index contributed by atoms with van der Waals surface area (Å²) in [4.78, 5) is 40.9. The Labute approximate surface area is 216 Å². The van der Waals surface area contributed by atoms with Crippen LogP contribution < -0.4 is 10.1 Å². The molecule has 194 valence electrons. The van der Waals surface area contributed by atoms with Crippen LogP contribution in [-0.4, -0.2) is 64.9 Å². The molecular weight excluding hydrogens is 470 g/mol. The van der Waals surface area contributed by atoms with E-state index in [1.54, 1.807) is 4.90 Å². The van der Waals surface area contributed by atoms with Gasteiger partial charge in [-0.1, -0.05) is 36.8 Å². The first-order valence-electron chi connectivity index (χ1n) is 13.4. The summed E-state index contributed by atoms with van der Waals surface area (Å²) in [6.45, 7) is 2.86. The molecule has 0 aromatic heterocycles. The lowest BCUT2D eigenvalue weighted by molar-refractivity contribution is -0.136. The normalized spacial score (nSPS) is 26.5. The lowest BCUT2D eigenvalue weighted by Gasteiger charge is -2.48. The third-order valence-corrected chi connectivity index (χ3v) is 8.12. The molecule has 0 bridgehead atoms. The molecule has 1 aliphatic carbocycles. The zero-order valence-electron chi connectivity index (χ0n) is 20.9. The molecule has 6 rings (SSSR count). The zero-order valence-corrected chi connectivity index (χ0v) is 20.9. The van der Waals surface area contributed by atoms with Gasteiger partial charge in [-0.05, 0) is 55.0 Å². The summed E-state index contributed by atoms with van der Waals surface area (Å²) >= 11 is 0. The van der Waals surface area contributed by atoms with Crippen LogP contribution in [0.25, 0.3) is 0 Å². The largest absolute Gasteiger partial charge is 0.489 e. The molecule has 3 fully saturated rings. The number of hydrogen-bond donors (Lipinski definition) is 1. The van der Waals surface area contributed by atoms with Crippen molar-refractivity contribution in [1.29, 1.82) is 0 Å². The van der Waals surface area contributed by atoms with Gasteiger partial charge in [0.25, 0.3) is 5.91 Å². The standard InChI is InChI=1S/C29H33N3O5/c33-27-13-12-25(28(34)30-27)32-15-20-14-21(10-11-23(20)29(32)35)37-26-9-5-4-8-24(26)31-16-22(17-31)36-18-19-6-2-1-3-7-19/h1-3,6-7,10-11,14,22,24-26H,4-5,8-9,12-13,15-18H2,(H,30,33,34)/t24?,25?,26-/m0/s1. The van der Waals surface area contributed by atoms with Crippen molar-refractivity contribution >= 4 is 17.7 Å². The topological polar surface area (TPSA) is 88.2 Å². The molecule has 8 heteroatoms. The van der Waals surface area contributed by atoms with Gasteiger partial charge >= 0.3 is 0 Å². The van der Waals surface area contributed by atoms with E-state index in [1.807, 2.05) is 36.4 Å². The fourth-order valence-electron chi connectivity index (χ4n) is 6.07. The van der Waals surface area contributed by atoms with Crippen LogP contribution in [0.3, 0.4) is 0 Å². The number of fused-ring (bicyclic) bond motifs is 1. The van der Waals surface area contributed by atoms with Crippen molar-refractivity contribution in [3.8, 4) is 5.75 Å². The van der Waals surface area contributed by atoms with Crippen molar-refractivity contribution in [2.75, 3.05) is 13.1 Å². The molecule has 1 N–H and O–H groups in total. The van der Waals surface area contributed by atoms with Gasteiger partial charge < -0.3 is 14.4 Å². The Kier molecular flexibility index (Phi) is 6.69. The molecule has 2 aromatic carbocycles. The third-order valence-electron chi connectivity index (χ3n) is 8.12. The summed E-state index contributed by atoms with van der Waals surface area (Å²) in [6, 6.07) is 15.7. The molecule has 3 atom stereocenters. The number of nitrogens with one attached hydrogen (secondary N) is 1. The van der Waals surface area contributed by atoms with Gasteiger partial charge in [-0.25, -0.2) is 0 Å². The highest BCUT2D eigenvalue weighted by molar-refractivity contribution is 6.05. The predicted octanol–water partition coefficient (Wildman–Crippen LogP) is 3.04. The third kappa shape index (κ3) is 5.00. The first kappa shape index (κ1) is 24.1. The van der Waals surface area contributed by atoms with Gasteiger partial charge in [0.1, 0.15) is 17.9 Å². The minimum Gasteiger partial charge on any atom is -0.489 e. The number of carbonyl (C=O) groups excluding carboxylic acids is 3. The molecule has 4 aliphatic rings. The first-order valence-corrected chi connectivity index (χ1v) is 13.4. The fraction of sp³-hybridized carbons (Fsp3) is 0.483. The van der Waals surface area contributed by atoms with Gasteiger partial charge in [0.2, 0.25) is 11.8 Å². The summed E-state index contributed by atoms with van der Waals surface area (Å²) in [7, 11) is 0. The smallest absolute Gasteiger partial charge is 0.255 e. The van der Waals surface area contributed by atoms with E-state index in [-0.39, 0.29) is 36.4 Å². The molecule has 37 heavy (non-hydrogen) atoms. The number of ether oxygens (including phenoxy) is 2. The average Bonchev–Trinajstić information content (AvgIpc) is 3.20. The zero-order chi connectivity index (χ0) is 25.4. The van der Waals surface area contributed by atoms with E-state index in [9.17, 15) is 14.4 Å². The minimum absolute atomic E-state index is 0.102. The van der Waals surface area contributed by atoms with Crippen molar-refractivity contribution in [1.82, 2.24) is 15.1 Å². The number of likely N-dealkylation sites (tertiary alicyclic amines) is 1. The van der Waals surface area contributed by atoms with Crippen molar-refractivity contribution in [2.24, 2.45) is 0 Å². The van der Waals surface area contributed by atoms with Crippen LogP contribution in [0, 0.1) is 0 Å². The number of imide groups is 1. The van der Waals surface area contributed by atoms with E-state index in [4.69, 9.17) is 9.47 Å². The van der Waals surface area contributed by atoms with Gasteiger partial charge in [-0.3, -0.25) is 24.6 Å². The molecule has 2 aromatic rings. The summed E-state index contributed by atoms with van der Waals surface area (Å²) < 4.78 is 12.6. The van der Waals surface area contributed by atoms with Crippen LogP contribution in [0.4, 0.5) is 0 Å². The van der Waals surface area contributed by atoms with Crippen molar-refractivity contribution in [3.63, 3.8) is 0 Å². The molecule has 2 unspecified atom stereocenters. The maximum atomic E-state index is 13.0. The number of nitrogens with zero attached hydrogens (tertiary/aromatic N) is 2. The second-order valence-electron chi connectivity index (χ2n) is 10.6. The van der Waals surface area contributed by atoms with Crippen molar-refractivity contribution in [3.05, 3.63) is 65.2 Å². The van der Waals surface area contributed by atoms with Crippen LogP contribution in [-0.2, 0) is 27.5 Å². The number of amides is 3. The second-order valence-corrected chi connectivity index (χ2v) is 10.6. The molecule has 3 aliphatic heterocycles. The molecule has 0 radical (unpaired) electrons. The van der Waals surface area contributed by atoms with Crippen LogP contribution in [0.5, 0.6) is 5.75 Å². The van der Waals surface area contributed by atoms with Crippen molar-refractivity contribution in [2.45, 2.75) is 76.0 Å². The summed E-state index contributed by atoms with van der Waals surface area (Å²) in [5.41, 5.74) is 2.68. The number of rotatable bonds is 7. The van der Waals surface area contributed by atoms with Gasteiger partial charge in [0.15, 0.2) is 0 Å². The maximum absolute atomic E-state index is 13.0. The number of piperidine rings is 1. The van der Waals surface area contributed by atoms with E-state index in [2.05, 4.69) is 22.3 Å². The Balaban J connectivity index is 1.06. The fourth-order valence-corrected chi connectivity index (χ4v) is 6.07. The molecule has 2 saturated heterocycles. The average molecular weight is 504 g/mol. The maximum Gasteiger partial charge on any atom is 0.255 e. The Morgan fingerprint density at radius 2 is 1.76 bits per heavy atom. The Morgan fingerprint density at radius 3 is 2.57 bits per heavy atom. The summed E-state index contributed by atoms with van der Waals surface area (Å²) in [6.07, 6.45) is 5.45. The Hall–Kier alpha value is -3.23. The van der Waals surface area contributed by atoms with Crippen LogP contribution in [0.2, 0.25) is 0 Å². The van der Waals surface area contributed by atoms with Gasteiger partial charge in [0, 0.05) is 37.7 Å². The highest BCUT2D eigenvalue weighted by Crippen LogP contribution is 2.34. The predicted molar refractivity (Wildman–Crippen MR) is 136 cm³/mol. The molecule has 3 amide bonds. The summed E-state index contributed by atoms with van der Waals surface area (Å²) in [5.74, 6) is -0.0568. The van der Waals surface area contributed by atoms with Crippen LogP contribution in [0.15, 0.2) is 48.5 Å². The number of carbonyl (C=O) groups is 3. The monoisotopic (exact) mass is 503 g/mol. The molecule has 1 saturated carbocycles. The van der Waals surface area contributed by atoms with E-state index in [0.717, 1.165) is 43.7 Å². The SMILES string of the molecule is O=C1CCC(N2Cc3cc(O[C@H]4CCCCC4N4CC(OCc5ccccc5)C4)ccc3C2=O)C(=O)N1. The molecule has 3 heterocycles. The van der Waals surface area contributed by atoms with E-state index in [1.165, 1.54) is 12.0 Å². The first-order chi connectivity index (χ1) is 18.0. The molecular formula is C29H33N3O5. The highest BCUT2D eigenvalue weighted by Gasteiger charge is 2.41. The van der Waals surface area contributed by atoms with Crippen molar-refractivity contribution < 1.29 is 23.9 Å². The van der Waals surface area contributed by atoms with Gasteiger partial charge in [-0.15, -0.1) is 0 Å². The van der Waals surface area contributed by atoms with Gasteiger partial charge in [0.05, 0.1) is 12.7 Å². The lowest BCUT2D eigenvalue weighted by Crippen LogP contribution is -2.61. The van der Waals surface area contributed by atoms with Crippen LogP contribution >= 0.6 is 0 Å². The Morgan fingerprint density at radius 1 is 0.946 bits per heavy atom. The quantitative estimate of drug-likeness (QED) is 0.585. The van der Waals surface area contributed by atoms with E-state index < -0.39 is 6.04 Å². The minimum atomic E-state index is -0.604. The summed E-state index contributed by atoms with van der Waals surface area (Å²) in [5, 5.41) is 2.35. The number of hydrogen-bond acceptors (Lipinski definition) is 6.